The fourth-order valence-corrected chi connectivity index (χ4v) is 3.43. The molecular weight excluding hydrogens is 390 g/mol. The summed E-state index contributed by atoms with van der Waals surface area (Å²) in [6.07, 6.45) is -3.42. The molecule has 1 aliphatic rings. The van der Waals surface area contributed by atoms with Crippen LogP contribution in [-0.2, 0) is 25.6 Å². The first kappa shape index (κ1) is 24.1. The van der Waals surface area contributed by atoms with Gasteiger partial charge in [-0.3, -0.25) is 4.90 Å². The van der Waals surface area contributed by atoms with Gasteiger partial charge in [-0.15, -0.1) is 0 Å². The molecule has 168 valence electrons. The number of piperidine rings is 1. The zero-order chi connectivity index (χ0) is 22.3. The van der Waals surface area contributed by atoms with E-state index in [-0.39, 0.29) is 13.2 Å². The van der Waals surface area contributed by atoms with Gasteiger partial charge in [0.1, 0.15) is 11.7 Å². The Labute approximate surface area is 177 Å². The lowest BCUT2D eigenvalue weighted by Crippen LogP contribution is -2.61. The van der Waals surface area contributed by atoms with Gasteiger partial charge < -0.3 is 24.4 Å². The van der Waals surface area contributed by atoms with Crippen LogP contribution in [0.1, 0.15) is 46.1 Å². The van der Waals surface area contributed by atoms with Crippen molar-refractivity contribution in [3.63, 3.8) is 0 Å². The van der Waals surface area contributed by atoms with Crippen LogP contribution in [0, 0.1) is 0 Å². The Morgan fingerprint density at radius 3 is 2.47 bits per heavy atom. The Morgan fingerprint density at radius 1 is 1.20 bits per heavy atom. The topological polar surface area (TPSA) is 106 Å². The fraction of sp³-hybridized carbons (Fsp3) is 0.636. The molecule has 2 rings (SSSR count). The highest BCUT2D eigenvalue weighted by atomic mass is 16.6. The van der Waals surface area contributed by atoms with E-state index in [0.717, 1.165) is 5.56 Å². The Bertz CT molecular complexity index is 688. The van der Waals surface area contributed by atoms with E-state index in [0.29, 0.717) is 19.4 Å². The summed E-state index contributed by atoms with van der Waals surface area (Å²) in [5, 5.41) is 21.2. The van der Waals surface area contributed by atoms with Gasteiger partial charge in [-0.25, -0.2) is 9.59 Å². The number of hydrogen-bond donors (Lipinski definition) is 2. The molecule has 0 radical (unpaired) electrons. The molecule has 1 aromatic rings. The van der Waals surface area contributed by atoms with Gasteiger partial charge in [-0.2, -0.15) is 0 Å². The number of amides is 1. The summed E-state index contributed by atoms with van der Waals surface area (Å²) < 4.78 is 16.3. The Morgan fingerprint density at radius 2 is 1.87 bits per heavy atom. The van der Waals surface area contributed by atoms with Crippen molar-refractivity contribution < 1.29 is 34.0 Å². The van der Waals surface area contributed by atoms with Crippen LogP contribution in [0.4, 0.5) is 4.79 Å². The largest absolute Gasteiger partial charge is 0.464 e. The monoisotopic (exact) mass is 423 g/mol. The van der Waals surface area contributed by atoms with Gasteiger partial charge in [0, 0.05) is 6.54 Å². The van der Waals surface area contributed by atoms with Crippen molar-refractivity contribution in [3.05, 3.63) is 35.9 Å². The number of esters is 1. The van der Waals surface area contributed by atoms with Gasteiger partial charge >= 0.3 is 12.1 Å². The van der Waals surface area contributed by atoms with Gasteiger partial charge in [0.15, 0.2) is 6.10 Å². The first-order valence-electron chi connectivity index (χ1n) is 10.3. The maximum atomic E-state index is 12.8. The average Bonchev–Trinajstić information content (AvgIpc) is 2.70. The van der Waals surface area contributed by atoms with Gasteiger partial charge in [0.2, 0.25) is 0 Å². The predicted molar refractivity (Wildman–Crippen MR) is 110 cm³/mol. The first-order chi connectivity index (χ1) is 14.1. The molecule has 8 nitrogen and oxygen atoms in total. The molecule has 0 aromatic heterocycles. The molecule has 1 fully saturated rings. The number of aliphatic hydroxyl groups excluding tert-OH is 2. The third kappa shape index (κ3) is 6.68. The van der Waals surface area contributed by atoms with Crippen LogP contribution in [0.2, 0.25) is 0 Å². The molecule has 1 saturated heterocycles. The van der Waals surface area contributed by atoms with Crippen molar-refractivity contribution in [2.24, 2.45) is 0 Å². The summed E-state index contributed by atoms with van der Waals surface area (Å²) in [4.78, 5) is 26.2. The number of carbonyl (C=O) groups is 2. The zero-order valence-electron chi connectivity index (χ0n) is 18.1. The summed E-state index contributed by atoms with van der Waals surface area (Å²) in [6.45, 7) is 7.50. The second-order valence-electron chi connectivity index (χ2n) is 8.33. The molecule has 0 unspecified atom stereocenters. The Kier molecular flexibility index (Phi) is 8.64. The lowest BCUT2D eigenvalue weighted by Gasteiger charge is -2.44. The molecule has 0 spiro atoms. The van der Waals surface area contributed by atoms with E-state index < -0.39 is 42.0 Å². The lowest BCUT2D eigenvalue weighted by atomic mass is 9.91. The number of hydrogen-bond acceptors (Lipinski definition) is 7. The van der Waals surface area contributed by atoms with Crippen LogP contribution in [0.5, 0.6) is 0 Å². The second kappa shape index (κ2) is 10.7. The SMILES string of the molecule is CCOC(=O)[C@H](O)[C@@H](O)[C@H]1[C@H](OCc2ccccc2)CCCN1C(=O)OC(C)(C)C. The van der Waals surface area contributed by atoms with Crippen LogP contribution < -0.4 is 0 Å². The second-order valence-corrected chi connectivity index (χ2v) is 8.33. The fourth-order valence-electron chi connectivity index (χ4n) is 3.43. The molecule has 4 atom stereocenters. The van der Waals surface area contributed by atoms with E-state index in [1.54, 1.807) is 27.7 Å². The predicted octanol–water partition coefficient (Wildman–Crippen LogP) is 2.26. The van der Waals surface area contributed by atoms with E-state index in [9.17, 15) is 19.8 Å². The minimum Gasteiger partial charge on any atom is -0.464 e. The third-order valence-electron chi connectivity index (χ3n) is 4.76. The maximum Gasteiger partial charge on any atom is 0.410 e. The summed E-state index contributed by atoms with van der Waals surface area (Å²) in [7, 11) is 0. The molecule has 1 heterocycles. The highest BCUT2D eigenvalue weighted by molar-refractivity contribution is 5.75. The lowest BCUT2D eigenvalue weighted by molar-refractivity contribution is -0.168. The van der Waals surface area contributed by atoms with Crippen molar-refractivity contribution in [2.75, 3.05) is 13.2 Å². The molecule has 0 bridgehead atoms. The molecule has 1 aromatic carbocycles. The maximum absolute atomic E-state index is 12.8. The minimum absolute atomic E-state index is 0.0665. The van der Waals surface area contributed by atoms with Crippen LogP contribution in [0.3, 0.4) is 0 Å². The summed E-state index contributed by atoms with van der Waals surface area (Å²) in [5.41, 5.74) is 0.204. The Balaban J connectivity index is 2.24. The van der Waals surface area contributed by atoms with E-state index in [2.05, 4.69) is 0 Å². The van der Waals surface area contributed by atoms with Crippen molar-refractivity contribution in [1.29, 1.82) is 0 Å². The van der Waals surface area contributed by atoms with Crippen molar-refractivity contribution in [3.8, 4) is 0 Å². The summed E-state index contributed by atoms with van der Waals surface area (Å²) >= 11 is 0. The van der Waals surface area contributed by atoms with Gasteiger partial charge in [0.25, 0.3) is 0 Å². The molecule has 30 heavy (non-hydrogen) atoms. The van der Waals surface area contributed by atoms with Crippen LogP contribution in [0.15, 0.2) is 30.3 Å². The quantitative estimate of drug-likeness (QED) is 0.648. The van der Waals surface area contributed by atoms with Crippen LogP contribution in [0.25, 0.3) is 0 Å². The van der Waals surface area contributed by atoms with Crippen molar-refractivity contribution >= 4 is 12.1 Å². The standard InChI is InChI=1S/C22H33NO7/c1-5-28-20(26)19(25)18(24)17-16(29-14-15-10-7-6-8-11-15)12-9-13-23(17)21(27)30-22(2,3)4/h6-8,10-11,16-19,24-25H,5,9,12-14H2,1-4H3/t16-,17-,18+,19-/m1/s1. The number of benzene rings is 1. The molecular formula is C22H33NO7. The number of likely N-dealkylation sites (tertiary alicyclic amines) is 1. The normalized spacial score (nSPS) is 21.6. The number of ether oxygens (including phenoxy) is 3. The summed E-state index contributed by atoms with van der Waals surface area (Å²) in [5.74, 6) is -0.943. The van der Waals surface area contributed by atoms with Gasteiger partial charge in [-0.1, -0.05) is 30.3 Å². The number of aliphatic hydroxyl groups is 2. The summed E-state index contributed by atoms with van der Waals surface area (Å²) in [6, 6.07) is 8.54. The molecule has 1 amide bonds. The number of carbonyl (C=O) groups excluding carboxylic acids is 2. The smallest absolute Gasteiger partial charge is 0.410 e. The van der Waals surface area contributed by atoms with E-state index in [1.807, 2.05) is 30.3 Å². The van der Waals surface area contributed by atoms with E-state index in [1.165, 1.54) is 4.90 Å². The number of nitrogens with zero attached hydrogens (tertiary/aromatic N) is 1. The van der Waals surface area contributed by atoms with Gasteiger partial charge in [-0.05, 0) is 46.1 Å². The van der Waals surface area contributed by atoms with Crippen molar-refractivity contribution in [1.82, 2.24) is 4.90 Å². The third-order valence-corrected chi connectivity index (χ3v) is 4.76. The van der Waals surface area contributed by atoms with Gasteiger partial charge in [0.05, 0.1) is 25.4 Å². The van der Waals surface area contributed by atoms with Crippen molar-refractivity contribution in [2.45, 2.75) is 77.1 Å². The molecule has 0 aliphatic carbocycles. The van der Waals surface area contributed by atoms with E-state index >= 15 is 0 Å². The van der Waals surface area contributed by atoms with E-state index in [4.69, 9.17) is 14.2 Å². The molecule has 8 heteroatoms. The highest BCUT2D eigenvalue weighted by Crippen LogP contribution is 2.27. The first-order valence-corrected chi connectivity index (χ1v) is 10.3. The minimum atomic E-state index is -1.80. The average molecular weight is 424 g/mol. The highest BCUT2D eigenvalue weighted by Gasteiger charge is 2.45. The number of rotatable bonds is 7. The zero-order valence-corrected chi connectivity index (χ0v) is 18.1. The molecule has 1 aliphatic heterocycles. The van der Waals surface area contributed by atoms with Crippen LogP contribution >= 0.6 is 0 Å². The molecule has 0 saturated carbocycles. The van der Waals surface area contributed by atoms with Crippen LogP contribution in [-0.4, -0.2) is 70.3 Å². The Hall–Kier alpha value is -2.16. The molecule has 2 N–H and O–H groups in total.